The molecule has 0 radical (unpaired) electrons. The number of hydrogen-bond acceptors (Lipinski definition) is 3. The van der Waals surface area contributed by atoms with Gasteiger partial charge >= 0.3 is 0 Å². The van der Waals surface area contributed by atoms with Gasteiger partial charge in [-0.25, -0.2) is 4.39 Å². The van der Waals surface area contributed by atoms with E-state index in [-0.39, 0.29) is 16.6 Å². The fourth-order valence-electron chi connectivity index (χ4n) is 5.02. The molecule has 1 heterocycles. The molecular formula is C25H40FN3O2. The number of ether oxygens (including phenoxy) is 2. The summed E-state index contributed by atoms with van der Waals surface area (Å²) in [5.74, 6) is 0.681. The highest BCUT2D eigenvalue weighted by Gasteiger charge is 2.36. The Morgan fingerprint density at radius 3 is 2.42 bits per heavy atom. The van der Waals surface area contributed by atoms with Gasteiger partial charge in [-0.2, -0.15) is 0 Å². The first kappa shape index (κ1) is 24.0. The van der Waals surface area contributed by atoms with Crippen LogP contribution in [-0.2, 0) is 14.9 Å². The van der Waals surface area contributed by atoms with Crippen molar-refractivity contribution in [2.24, 2.45) is 10.4 Å². The van der Waals surface area contributed by atoms with E-state index in [1.165, 1.54) is 31.2 Å². The highest BCUT2D eigenvalue weighted by molar-refractivity contribution is 5.79. The van der Waals surface area contributed by atoms with Crippen molar-refractivity contribution in [3.63, 3.8) is 0 Å². The van der Waals surface area contributed by atoms with Gasteiger partial charge in [0.05, 0.1) is 0 Å². The topological polar surface area (TPSA) is 54.9 Å². The third-order valence-electron chi connectivity index (χ3n) is 7.06. The Balaban J connectivity index is 1.69. The number of benzene rings is 1. The van der Waals surface area contributed by atoms with Crippen molar-refractivity contribution in [3.8, 4) is 0 Å². The second kappa shape index (κ2) is 11.8. The van der Waals surface area contributed by atoms with Crippen molar-refractivity contribution in [2.75, 3.05) is 46.1 Å². The smallest absolute Gasteiger partial charge is 0.191 e. The predicted molar refractivity (Wildman–Crippen MR) is 124 cm³/mol. The summed E-state index contributed by atoms with van der Waals surface area (Å²) in [6, 6.07) is 6.98. The standard InChI is InChI=1S/C25H40FN3O2/c1-3-27-23(28-19-24(11-5-6-12-24)13-16-30-4-2)29-20-25(14-17-31-18-15-25)21-7-9-22(26)10-8-21/h7-10H,3-6,11-20H2,1-2H3,(H2,27,28,29). The first-order chi connectivity index (χ1) is 15.1. The van der Waals surface area contributed by atoms with Crippen LogP contribution in [0.4, 0.5) is 4.39 Å². The number of rotatable bonds is 10. The van der Waals surface area contributed by atoms with E-state index in [9.17, 15) is 4.39 Å². The molecule has 1 aliphatic carbocycles. The Kier molecular flexibility index (Phi) is 9.15. The number of aliphatic imine (C=N–C) groups is 1. The van der Waals surface area contributed by atoms with Gasteiger partial charge in [0.15, 0.2) is 5.96 Å². The zero-order valence-corrected chi connectivity index (χ0v) is 19.4. The Hall–Kier alpha value is -1.66. The van der Waals surface area contributed by atoms with E-state index in [0.29, 0.717) is 0 Å². The molecule has 3 rings (SSSR count). The number of nitrogens with one attached hydrogen (secondary N) is 2. The minimum absolute atomic E-state index is 0.0673. The van der Waals surface area contributed by atoms with E-state index in [1.807, 2.05) is 12.1 Å². The zero-order valence-electron chi connectivity index (χ0n) is 19.4. The van der Waals surface area contributed by atoms with Gasteiger partial charge in [0, 0.05) is 51.5 Å². The van der Waals surface area contributed by atoms with Gasteiger partial charge < -0.3 is 20.1 Å². The van der Waals surface area contributed by atoms with E-state index in [0.717, 1.165) is 71.3 Å². The molecule has 2 fully saturated rings. The molecule has 1 saturated carbocycles. The Labute approximate surface area is 187 Å². The maximum atomic E-state index is 13.5. The van der Waals surface area contributed by atoms with Crippen LogP contribution in [0.1, 0.15) is 64.4 Å². The number of nitrogens with zero attached hydrogens (tertiary/aromatic N) is 1. The average molecular weight is 434 g/mol. The van der Waals surface area contributed by atoms with Crippen LogP contribution in [0, 0.1) is 11.2 Å². The van der Waals surface area contributed by atoms with Crippen molar-refractivity contribution in [1.29, 1.82) is 0 Å². The second-order valence-corrected chi connectivity index (χ2v) is 9.10. The van der Waals surface area contributed by atoms with Crippen LogP contribution in [-0.4, -0.2) is 52.0 Å². The molecule has 1 aromatic carbocycles. The van der Waals surface area contributed by atoms with Gasteiger partial charge in [-0.15, -0.1) is 0 Å². The zero-order chi connectivity index (χ0) is 22.0. The van der Waals surface area contributed by atoms with Crippen LogP contribution < -0.4 is 10.6 Å². The minimum Gasteiger partial charge on any atom is -0.382 e. The summed E-state index contributed by atoms with van der Waals surface area (Å²) in [5, 5.41) is 7.04. The lowest BCUT2D eigenvalue weighted by Gasteiger charge is -2.38. The molecule has 2 N–H and O–H groups in total. The van der Waals surface area contributed by atoms with Crippen LogP contribution in [0.2, 0.25) is 0 Å². The molecule has 174 valence electrons. The average Bonchev–Trinajstić information content (AvgIpc) is 3.26. The maximum absolute atomic E-state index is 13.5. The summed E-state index contributed by atoms with van der Waals surface area (Å²) in [7, 11) is 0. The van der Waals surface area contributed by atoms with Crippen LogP contribution in [0.5, 0.6) is 0 Å². The molecule has 0 atom stereocenters. The molecule has 5 nitrogen and oxygen atoms in total. The number of guanidine groups is 1. The molecule has 0 bridgehead atoms. The first-order valence-corrected chi connectivity index (χ1v) is 12.1. The minimum atomic E-state index is -0.192. The van der Waals surface area contributed by atoms with E-state index in [1.54, 1.807) is 12.1 Å². The number of halogens is 1. The summed E-state index contributed by atoms with van der Waals surface area (Å²) in [5.41, 5.74) is 1.37. The van der Waals surface area contributed by atoms with Gasteiger partial charge in [0.2, 0.25) is 0 Å². The summed E-state index contributed by atoms with van der Waals surface area (Å²) >= 11 is 0. The molecule has 0 aromatic heterocycles. The van der Waals surface area contributed by atoms with Crippen molar-refractivity contribution in [2.45, 2.75) is 64.2 Å². The van der Waals surface area contributed by atoms with Crippen LogP contribution >= 0.6 is 0 Å². The fraction of sp³-hybridized carbons (Fsp3) is 0.720. The lowest BCUT2D eigenvalue weighted by Crippen LogP contribution is -2.48. The molecular weight excluding hydrogens is 393 g/mol. The van der Waals surface area contributed by atoms with Gasteiger partial charge in [-0.3, -0.25) is 4.99 Å². The summed E-state index contributed by atoms with van der Waals surface area (Å²) in [6.45, 7) is 9.64. The first-order valence-electron chi connectivity index (χ1n) is 12.1. The summed E-state index contributed by atoms with van der Waals surface area (Å²) in [4.78, 5) is 5.02. The molecule has 31 heavy (non-hydrogen) atoms. The molecule has 0 spiro atoms. The van der Waals surface area contributed by atoms with E-state index in [4.69, 9.17) is 14.5 Å². The van der Waals surface area contributed by atoms with E-state index < -0.39 is 0 Å². The quantitative estimate of drug-likeness (QED) is 0.326. The third kappa shape index (κ3) is 6.66. The van der Waals surface area contributed by atoms with Crippen LogP contribution in [0.25, 0.3) is 0 Å². The van der Waals surface area contributed by atoms with Crippen LogP contribution in [0.15, 0.2) is 29.3 Å². The highest BCUT2D eigenvalue weighted by Crippen LogP contribution is 2.41. The third-order valence-corrected chi connectivity index (χ3v) is 7.06. The Morgan fingerprint density at radius 1 is 1.06 bits per heavy atom. The molecule has 0 amide bonds. The highest BCUT2D eigenvalue weighted by atomic mass is 19.1. The fourth-order valence-corrected chi connectivity index (χ4v) is 5.02. The number of hydrogen-bond donors (Lipinski definition) is 2. The molecule has 6 heteroatoms. The van der Waals surface area contributed by atoms with Crippen molar-refractivity contribution < 1.29 is 13.9 Å². The Bertz CT molecular complexity index is 681. The van der Waals surface area contributed by atoms with Gasteiger partial charge in [-0.1, -0.05) is 25.0 Å². The monoisotopic (exact) mass is 433 g/mol. The van der Waals surface area contributed by atoms with E-state index in [2.05, 4.69) is 24.5 Å². The van der Waals surface area contributed by atoms with Crippen molar-refractivity contribution in [1.82, 2.24) is 10.6 Å². The normalized spacial score (nSPS) is 20.5. The lowest BCUT2D eigenvalue weighted by atomic mass is 9.74. The van der Waals surface area contributed by atoms with Gasteiger partial charge in [0.25, 0.3) is 0 Å². The van der Waals surface area contributed by atoms with Crippen LogP contribution in [0.3, 0.4) is 0 Å². The van der Waals surface area contributed by atoms with Crippen molar-refractivity contribution >= 4 is 5.96 Å². The van der Waals surface area contributed by atoms with E-state index >= 15 is 0 Å². The molecule has 1 aromatic rings. The molecule has 2 aliphatic rings. The SMILES string of the molecule is CCNC(=NCC1(CCOCC)CCCC1)NCC1(c2ccc(F)cc2)CCOCC1. The summed E-state index contributed by atoms with van der Waals surface area (Å²) < 4.78 is 24.8. The molecule has 1 saturated heterocycles. The van der Waals surface area contributed by atoms with Crippen molar-refractivity contribution in [3.05, 3.63) is 35.6 Å². The van der Waals surface area contributed by atoms with Gasteiger partial charge in [0.1, 0.15) is 5.82 Å². The Morgan fingerprint density at radius 2 is 1.77 bits per heavy atom. The molecule has 1 aliphatic heterocycles. The molecule has 0 unspecified atom stereocenters. The second-order valence-electron chi connectivity index (χ2n) is 9.10. The maximum Gasteiger partial charge on any atom is 0.191 e. The lowest BCUT2D eigenvalue weighted by molar-refractivity contribution is 0.0513. The van der Waals surface area contributed by atoms with Gasteiger partial charge in [-0.05, 0) is 69.1 Å². The predicted octanol–water partition coefficient (Wildman–Crippen LogP) is 4.42. The summed E-state index contributed by atoms with van der Waals surface area (Å²) in [6.07, 6.45) is 7.98. The largest absolute Gasteiger partial charge is 0.382 e.